The van der Waals surface area contributed by atoms with Crippen LogP contribution in [0.25, 0.3) is 11.2 Å². The van der Waals surface area contributed by atoms with Gasteiger partial charge in [-0.3, -0.25) is 4.57 Å². The summed E-state index contributed by atoms with van der Waals surface area (Å²) in [7, 11) is 0. The first-order valence-electron chi connectivity index (χ1n) is 9.04. The highest BCUT2D eigenvalue weighted by Crippen LogP contribution is 2.26. The Balaban J connectivity index is 1.72. The Bertz CT molecular complexity index is 1040. The Morgan fingerprint density at radius 3 is 2.75 bits per heavy atom. The lowest BCUT2D eigenvalue weighted by atomic mass is 10.1. The van der Waals surface area contributed by atoms with Gasteiger partial charge in [0.25, 0.3) is 0 Å². The topological polar surface area (TPSA) is 108 Å². The average Bonchev–Trinajstić information content (AvgIpc) is 3.30. The maximum atomic E-state index is 12.6. The number of benzene rings is 1. The predicted octanol–water partition coefficient (Wildman–Crippen LogP) is 1.99. The zero-order valence-electron chi connectivity index (χ0n) is 15.0. The van der Waals surface area contributed by atoms with Gasteiger partial charge in [0.2, 0.25) is 5.95 Å². The number of aliphatic hydroxyl groups excluding tert-OH is 1. The van der Waals surface area contributed by atoms with Crippen LogP contribution in [0, 0.1) is 5.92 Å². The summed E-state index contributed by atoms with van der Waals surface area (Å²) in [5, 5.41) is 17.2. The second-order valence-electron chi connectivity index (χ2n) is 6.81. The molecule has 1 aliphatic rings. The lowest BCUT2D eigenvalue weighted by Gasteiger charge is -2.12. The van der Waals surface area contributed by atoms with Gasteiger partial charge in [-0.15, -0.1) is 0 Å². The van der Waals surface area contributed by atoms with E-state index in [1.54, 1.807) is 18.2 Å². The van der Waals surface area contributed by atoms with Crippen LogP contribution in [0.4, 0.5) is 5.95 Å². The summed E-state index contributed by atoms with van der Waals surface area (Å²) in [6.45, 7) is 2.51. The molecule has 1 saturated heterocycles. The van der Waals surface area contributed by atoms with Gasteiger partial charge in [0.05, 0.1) is 18.8 Å². The number of halogens is 2. The number of hydrogen-bond donors (Lipinski definition) is 4. The highest BCUT2D eigenvalue weighted by atomic mass is 35.5. The Kier molecular flexibility index (Phi) is 5.54. The third kappa shape index (κ3) is 3.73. The summed E-state index contributed by atoms with van der Waals surface area (Å²) in [5.74, 6) is 0.869. The third-order valence-corrected chi connectivity index (χ3v) is 5.64. The summed E-state index contributed by atoms with van der Waals surface area (Å²) in [5.41, 5.74) is 1.42. The van der Waals surface area contributed by atoms with Crippen LogP contribution >= 0.6 is 23.2 Å². The van der Waals surface area contributed by atoms with Crippen molar-refractivity contribution in [3.63, 3.8) is 0 Å². The fraction of sp³-hybridized carbons (Fsp3) is 0.389. The zero-order valence-corrected chi connectivity index (χ0v) is 16.5. The number of anilines is 1. The Labute approximate surface area is 170 Å². The molecule has 10 heteroatoms. The maximum absolute atomic E-state index is 12.6. The Morgan fingerprint density at radius 1 is 1.29 bits per heavy atom. The first kappa shape index (κ1) is 19.2. The molecule has 0 bridgehead atoms. The van der Waals surface area contributed by atoms with E-state index >= 15 is 0 Å². The first-order valence-corrected chi connectivity index (χ1v) is 9.80. The molecular weight excluding hydrogens is 403 g/mol. The number of aromatic amines is 1. The fourth-order valence-corrected chi connectivity index (χ4v) is 3.91. The van der Waals surface area contributed by atoms with Crippen molar-refractivity contribution in [3.05, 3.63) is 50.0 Å². The largest absolute Gasteiger partial charge is 0.390 e. The average molecular weight is 423 g/mol. The lowest BCUT2D eigenvalue weighted by Crippen LogP contribution is -2.20. The highest BCUT2D eigenvalue weighted by molar-refractivity contribution is 6.36. The van der Waals surface area contributed by atoms with Crippen molar-refractivity contribution in [1.82, 2.24) is 24.8 Å². The van der Waals surface area contributed by atoms with Crippen molar-refractivity contribution < 1.29 is 5.11 Å². The number of rotatable bonds is 6. The number of aromatic nitrogens is 4. The van der Waals surface area contributed by atoms with Crippen molar-refractivity contribution in [2.24, 2.45) is 5.92 Å². The number of H-pyrrole nitrogens is 1. The molecule has 0 unspecified atom stereocenters. The number of hydrogen-bond acceptors (Lipinski definition) is 6. The van der Waals surface area contributed by atoms with Crippen LogP contribution in [0.5, 0.6) is 0 Å². The summed E-state index contributed by atoms with van der Waals surface area (Å²) in [4.78, 5) is 24.1. The van der Waals surface area contributed by atoms with E-state index in [1.165, 1.54) is 4.57 Å². The van der Waals surface area contributed by atoms with Crippen LogP contribution in [0.1, 0.15) is 17.7 Å². The molecule has 0 radical (unpaired) electrons. The van der Waals surface area contributed by atoms with E-state index in [0.29, 0.717) is 50.9 Å². The van der Waals surface area contributed by atoms with Crippen LogP contribution < -0.4 is 16.3 Å². The molecule has 1 aromatic carbocycles. The van der Waals surface area contributed by atoms with Crippen LogP contribution in [0.2, 0.25) is 10.0 Å². The number of fused-ring (bicyclic) bond motifs is 1. The van der Waals surface area contributed by atoms with Gasteiger partial charge in [-0.1, -0.05) is 29.3 Å². The summed E-state index contributed by atoms with van der Waals surface area (Å²) in [6.07, 6.45) is 1.09. The van der Waals surface area contributed by atoms with E-state index in [0.717, 1.165) is 19.5 Å². The van der Waals surface area contributed by atoms with Gasteiger partial charge in [-0.05, 0) is 37.6 Å². The van der Waals surface area contributed by atoms with Gasteiger partial charge < -0.3 is 20.7 Å². The van der Waals surface area contributed by atoms with Crippen molar-refractivity contribution in [2.45, 2.75) is 19.6 Å². The second-order valence-corrected chi connectivity index (χ2v) is 7.62. The highest BCUT2D eigenvalue weighted by Gasteiger charge is 2.19. The molecule has 1 atom stereocenters. The molecule has 148 valence electrons. The van der Waals surface area contributed by atoms with Crippen LogP contribution in [-0.2, 0) is 13.2 Å². The summed E-state index contributed by atoms with van der Waals surface area (Å²) >= 11 is 12.5. The smallest absolute Gasteiger partial charge is 0.328 e. The van der Waals surface area contributed by atoms with E-state index < -0.39 is 0 Å². The van der Waals surface area contributed by atoms with Gasteiger partial charge in [0, 0.05) is 22.2 Å². The zero-order chi connectivity index (χ0) is 19.7. The van der Waals surface area contributed by atoms with Crippen LogP contribution in [0.15, 0.2) is 23.0 Å². The van der Waals surface area contributed by atoms with Crippen LogP contribution in [-0.4, -0.2) is 44.3 Å². The Morgan fingerprint density at radius 2 is 2.07 bits per heavy atom. The first-order chi connectivity index (χ1) is 13.6. The fourth-order valence-electron chi connectivity index (χ4n) is 3.39. The van der Waals surface area contributed by atoms with Gasteiger partial charge >= 0.3 is 5.69 Å². The van der Waals surface area contributed by atoms with E-state index in [9.17, 15) is 9.90 Å². The maximum Gasteiger partial charge on any atom is 0.328 e. The molecule has 4 N–H and O–H groups in total. The number of aliphatic hydroxyl groups is 1. The molecular formula is C18H20Cl2N6O2. The molecule has 28 heavy (non-hydrogen) atoms. The minimum atomic E-state index is -0.368. The molecule has 8 nitrogen and oxygen atoms in total. The molecule has 0 spiro atoms. The molecule has 0 aliphatic carbocycles. The van der Waals surface area contributed by atoms with Gasteiger partial charge in [-0.2, -0.15) is 4.98 Å². The quantitative estimate of drug-likeness (QED) is 0.483. The van der Waals surface area contributed by atoms with Gasteiger partial charge in [0.1, 0.15) is 5.52 Å². The molecule has 1 fully saturated rings. The summed E-state index contributed by atoms with van der Waals surface area (Å²) in [6, 6.07) is 5.19. The number of imidazole rings is 1. The van der Waals surface area contributed by atoms with E-state index in [-0.39, 0.29) is 18.8 Å². The minimum absolute atomic E-state index is 0.158. The lowest BCUT2D eigenvalue weighted by molar-refractivity contribution is 0.278. The molecule has 2 aromatic heterocycles. The van der Waals surface area contributed by atoms with E-state index in [4.69, 9.17) is 23.2 Å². The van der Waals surface area contributed by atoms with Crippen LogP contribution in [0.3, 0.4) is 0 Å². The summed E-state index contributed by atoms with van der Waals surface area (Å²) < 4.78 is 1.45. The van der Waals surface area contributed by atoms with Crippen molar-refractivity contribution in [2.75, 3.05) is 25.0 Å². The monoisotopic (exact) mass is 422 g/mol. The molecule has 3 aromatic rings. The van der Waals surface area contributed by atoms with Gasteiger partial charge in [0.15, 0.2) is 5.65 Å². The molecule has 1 aliphatic heterocycles. The van der Waals surface area contributed by atoms with E-state index in [1.807, 2.05) is 0 Å². The van der Waals surface area contributed by atoms with Gasteiger partial charge in [-0.25, -0.2) is 9.78 Å². The SMILES string of the molecule is O=c1[nH]c2c(CO)nc(NC[C@@H]3CCNC3)nc2n1Cc1c(Cl)cccc1Cl. The molecule has 0 amide bonds. The predicted molar refractivity (Wildman–Crippen MR) is 109 cm³/mol. The minimum Gasteiger partial charge on any atom is -0.390 e. The number of nitrogens with one attached hydrogen (secondary N) is 3. The molecule has 4 rings (SSSR count). The van der Waals surface area contributed by atoms with Crippen molar-refractivity contribution in [1.29, 1.82) is 0 Å². The van der Waals surface area contributed by atoms with Crippen molar-refractivity contribution >= 4 is 40.3 Å². The third-order valence-electron chi connectivity index (χ3n) is 4.94. The van der Waals surface area contributed by atoms with Crippen molar-refractivity contribution in [3.8, 4) is 0 Å². The Hall–Kier alpha value is -2.13. The molecule has 0 saturated carbocycles. The standard InChI is InChI=1S/C18H20Cl2N6O2/c19-12-2-1-3-13(20)11(12)8-26-16-15(24-18(26)28)14(9-27)23-17(25-16)22-7-10-4-5-21-6-10/h1-3,10,21,27H,4-9H2,(H,24,28)(H,22,23,25)/t10-/m1/s1. The number of nitrogens with zero attached hydrogens (tertiary/aromatic N) is 3. The second kappa shape index (κ2) is 8.08. The molecule has 3 heterocycles. The van der Waals surface area contributed by atoms with E-state index in [2.05, 4.69) is 25.6 Å². The normalized spacial score (nSPS) is 16.8.